The molecule has 1 fully saturated rings. The summed E-state index contributed by atoms with van der Waals surface area (Å²) in [5.41, 5.74) is 1.53. The number of anilines is 1. The molecule has 0 unspecified atom stereocenters. The van der Waals surface area contributed by atoms with E-state index in [0.29, 0.717) is 16.6 Å². The standard InChI is InChI=1S/C19H12F2N2O2S/c1-11-18(24)23(19(25)26-11)17-4-2-3-16-14(17)7-8-22(16)10-12-5-6-13(20)9-15(12)21/h2-9H,1,10H2. The van der Waals surface area contributed by atoms with Gasteiger partial charge in [-0.3, -0.25) is 9.59 Å². The lowest BCUT2D eigenvalue weighted by Crippen LogP contribution is -2.27. The highest BCUT2D eigenvalue weighted by atomic mass is 32.2. The maximum atomic E-state index is 13.9. The fourth-order valence-corrected chi connectivity index (χ4v) is 3.65. The van der Waals surface area contributed by atoms with Crippen molar-refractivity contribution in [2.24, 2.45) is 0 Å². The molecule has 1 aliphatic rings. The molecule has 4 rings (SSSR count). The second-order valence-electron chi connectivity index (χ2n) is 5.82. The first kappa shape index (κ1) is 16.5. The molecule has 3 aromatic rings. The SMILES string of the molecule is C=C1SC(=O)N(c2cccc3c2ccn3Cc2ccc(F)cc2F)C1=O. The number of carbonyl (C=O) groups is 2. The van der Waals surface area contributed by atoms with Crippen molar-refractivity contribution >= 4 is 39.5 Å². The van der Waals surface area contributed by atoms with E-state index in [1.807, 2.05) is 6.07 Å². The normalized spacial score (nSPS) is 14.7. The summed E-state index contributed by atoms with van der Waals surface area (Å²) in [7, 11) is 0. The maximum absolute atomic E-state index is 13.9. The van der Waals surface area contributed by atoms with Crippen molar-refractivity contribution in [3.63, 3.8) is 0 Å². The summed E-state index contributed by atoms with van der Waals surface area (Å²) in [6.07, 6.45) is 1.74. The molecule has 0 aliphatic carbocycles. The summed E-state index contributed by atoms with van der Waals surface area (Å²) in [4.78, 5) is 25.6. The van der Waals surface area contributed by atoms with Crippen LogP contribution in [0, 0.1) is 11.6 Å². The lowest BCUT2D eigenvalue weighted by molar-refractivity contribution is -0.113. The van der Waals surface area contributed by atoms with Gasteiger partial charge in [-0.2, -0.15) is 0 Å². The van der Waals surface area contributed by atoms with E-state index in [0.717, 1.165) is 28.2 Å². The topological polar surface area (TPSA) is 42.3 Å². The van der Waals surface area contributed by atoms with Crippen LogP contribution in [0.15, 0.2) is 60.1 Å². The van der Waals surface area contributed by atoms with Gasteiger partial charge in [-0.05, 0) is 36.0 Å². The van der Waals surface area contributed by atoms with Crippen LogP contribution in [0.25, 0.3) is 10.9 Å². The van der Waals surface area contributed by atoms with Gasteiger partial charge in [0, 0.05) is 23.2 Å². The van der Waals surface area contributed by atoms with Crippen molar-refractivity contribution in [1.29, 1.82) is 0 Å². The molecule has 2 aromatic carbocycles. The molecule has 0 radical (unpaired) electrons. The number of thioether (sulfide) groups is 1. The molecule has 1 saturated heterocycles. The zero-order valence-electron chi connectivity index (χ0n) is 13.4. The van der Waals surface area contributed by atoms with Gasteiger partial charge >= 0.3 is 0 Å². The highest BCUT2D eigenvalue weighted by molar-refractivity contribution is 8.18. The molecule has 1 aromatic heterocycles. The van der Waals surface area contributed by atoms with Crippen LogP contribution in [-0.4, -0.2) is 15.7 Å². The number of rotatable bonds is 3. The van der Waals surface area contributed by atoms with Crippen LogP contribution in [0.4, 0.5) is 19.3 Å². The van der Waals surface area contributed by atoms with Crippen molar-refractivity contribution in [2.75, 3.05) is 4.90 Å². The minimum Gasteiger partial charge on any atom is -0.343 e. The zero-order valence-corrected chi connectivity index (χ0v) is 14.2. The number of nitrogens with zero attached hydrogens (tertiary/aromatic N) is 2. The van der Waals surface area contributed by atoms with E-state index in [9.17, 15) is 18.4 Å². The largest absolute Gasteiger partial charge is 0.343 e. The van der Waals surface area contributed by atoms with Gasteiger partial charge in [-0.25, -0.2) is 13.7 Å². The molecule has 0 bridgehead atoms. The van der Waals surface area contributed by atoms with Crippen LogP contribution in [0.1, 0.15) is 5.56 Å². The molecule has 0 spiro atoms. The van der Waals surface area contributed by atoms with Gasteiger partial charge in [0.15, 0.2) is 0 Å². The molecular formula is C19H12F2N2O2S. The fraction of sp³-hybridized carbons (Fsp3) is 0.0526. The summed E-state index contributed by atoms with van der Waals surface area (Å²) >= 11 is 0.804. The first-order valence-electron chi connectivity index (χ1n) is 7.72. The Bertz CT molecular complexity index is 1090. The predicted molar refractivity (Wildman–Crippen MR) is 97.0 cm³/mol. The number of imide groups is 1. The smallest absolute Gasteiger partial charge is 0.298 e. The summed E-state index contributed by atoms with van der Waals surface area (Å²) in [6, 6.07) is 10.4. The Kier molecular flexibility index (Phi) is 3.88. The molecule has 2 amide bonds. The second-order valence-corrected chi connectivity index (χ2v) is 6.87. The maximum Gasteiger partial charge on any atom is 0.298 e. The van der Waals surface area contributed by atoms with Crippen LogP contribution in [-0.2, 0) is 11.3 Å². The van der Waals surface area contributed by atoms with Gasteiger partial charge in [0.1, 0.15) is 11.6 Å². The van der Waals surface area contributed by atoms with E-state index >= 15 is 0 Å². The van der Waals surface area contributed by atoms with E-state index in [-0.39, 0.29) is 11.4 Å². The first-order chi connectivity index (χ1) is 12.5. The minimum atomic E-state index is -0.630. The number of fused-ring (bicyclic) bond motifs is 1. The Morgan fingerprint density at radius 3 is 2.58 bits per heavy atom. The molecule has 1 aliphatic heterocycles. The van der Waals surface area contributed by atoms with Gasteiger partial charge in [0.05, 0.1) is 22.7 Å². The summed E-state index contributed by atoms with van der Waals surface area (Å²) in [5, 5.41) is 0.289. The van der Waals surface area contributed by atoms with Crippen LogP contribution >= 0.6 is 11.8 Å². The number of benzene rings is 2. The van der Waals surface area contributed by atoms with Crippen LogP contribution in [0.2, 0.25) is 0 Å². The van der Waals surface area contributed by atoms with E-state index in [1.54, 1.807) is 29.0 Å². The van der Waals surface area contributed by atoms with Gasteiger partial charge in [-0.15, -0.1) is 0 Å². The molecule has 2 heterocycles. The number of halogens is 2. The quantitative estimate of drug-likeness (QED) is 0.629. The molecule has 7 heteroatoms. The number of amides is 2. The number of hydrogen-bond acceptors (Lipinski definition) is 3. The summed E-state index contributed by atoms with van der Waals surface area (Å²) in [5.74, 6) is -1.69. The molecule has 0 N–H and O–H groups in total. The van der Waals surface area contributed by atoms with Crippen molar-refractivity contribution in [3.05, 3.63) is 77.3 Å². The number of hydrogen-bond donors (Lipinski definition) is 0. The lowest BCUT2D eigenvalue weighted by Gasteiger charge is -2.14. The van der Waals surface area contributed by atoms with Gasteiger partial charge in [0.25, 0.3) is 11.1 Å². The molecule has 0 atom stereocenters. The third-order valence-corrected chi connectivity index (χ3v) is 5.00. The Balaban J connectivity index is 1.77. The molecule has 4 nitrogen and oxygen atoms in total. The molecule has 26 heavy (non-hydrogen) atoms. The first-order valence-corrected chi connectivity index (χ1v) is 8.54. The van der Waals surface area contributed by atoms with Crippen molar-refractivity contribution in [1.82, 2.24) is 4.57 Å². The third kappa shape index (κ3) is 2.61. The summed E-state index contributed by atoms with van der Waals surface area (Å²) in [6.45, 7) is 3.79. The van der Waals surface area contributed by atoms with Gasteiger partial charge in [-0.1, -0.05) is 18.7 Å². The Morgan fingerprint density at radius 2 is 1.88 bits per heavy atom. The Hall–Kier alpha value is -2.93. The molecule has 130 valence electrons. The molecule has 0 saturated carbocycles. The van der Waals surface area contributed by atoms with Crippen LogP contribution < -0.4 is 4.90 Å². The van der Waals surface area contributed by atoms with Gasteiger partial charge in [0.2, 0.25) is 0 Å². The zero-order chi connectivity index (χ0) is 18.4. The van der Waals surface area contributed by atoms with Gasteiger partial charge < -0.3 is 4.57 Å². The monoisotopic (exact) mass is 370 g/mol. The van der Waals surface area contributed by atoms with E-state index in [2.05, 4.69) is 6.58 Å². The molecular weight excluding hydrogens is 358 g/mol. The average Bonchev–Trinajstić information content (AvgIpc) is 3.11. The highest BCUT2D eigenvalue weighted by Crippen LogP contribution is 2.37. The minimum absolute atomic E-state index is 0.180. The van der Waals surface area contributed by atoms with Crippen molar-refractivity contribution in [3.8, 4) is 0 Å². The van der Waals surface area contributed by atoms with Crippen LogP contribution in [0.5, 0.6) is 0 Å². The van der Waals surface area contributed by atoms with E-state index in [4.69, 9.17) is 0 Å². The van der Waals surface area contributed by atoms with Crippen molar-refractivity contribution < 1.29 is 18.4 Å². The Morgan fingerprint density at radius 1 is 1.08 bits per heavy atom. The lowest BCUT2D eigenvalue weighted by atomic mass is 10.2. The predicted octanol–water partition coefficient (Wildman–Crippen LogP) is 4.68. The summed E-state index contributed by atoms with van der Waals surface area (Å²) < 4.78 is 28.8. The third-order valence-electron chi connectivity index (χ3n) is 4.22. The van der Waals surface area contributed by atoms with Crippen molar-refractivity contribution in [2.45, 2.75) is 6.54 Å². The fourth-order valence-electron chi connectivity index (χ4n) is 2.98. The van der Waals surface area contributed by atoms with E-state index < -0.39 is 22.8 Å². The van der Waals surface area contributed by atoms with E-state index in [1.165, 1.54) is 12.1 Å². The second kappa shape index (κ2) is 6.10. The highest BCUT2D eigenvalue weighted by Gasteiger charge is 2.36. The number of carbonyl (C=O) groups excluding carboxylic acids is 2. The average molecular weight is 370 g/mol. The number of aromatic nitrogens is 1. The Labute approximate surface area is 151 Å². The van der Waals surface area contributed by atoms with Crippen LogP contribution in [0.3, 0.4) is 0 Å².